The molecule has 0 unspecified atom stereocenters. The minimum absolute atomic E-state index is 0.0513. The number of hydrazone groups is 1. The Morgan fingerprint density at radius 2 is 1.81 bits per heavy atom. The fourth-order valence-electron chi connectivity index (χ4n) is 2.52. The van der Waals surface area contributed by atoms with Gasteiger partial charge in [-0.2, -0.15) is 5.10 Å². The number of rotatable bonds is 10. The third-order valence-electron chi connectivity index (χ3n) is 3.98. The molecule has 0 fully saturated rings. The summed E-state index contributed by atoms with van der Waals surface area (Å²) in [4.78, 5) is 24.3. The molecule has 2 aromatic carbocycles. The Morgan fingerprint density at radius 3 is 2.48 bits per heavy atom. The number of nitrogens with zero attached hydrogens (tertiary/aromatic N) is 1. The Balaban J connectivity index is 1.95. The maximum atomic E-state index is 12.3. The number of terminal acetylenes is 1. The number of benzene rings is 2. The predicted octanol–water partition coefficient (Wildman–Crippen LogP) is 1.60. The van der Waals surface area contributed by atoms with Gasteiger partial charge in [0.1, 0.15) is 6.61 Å². The van der Waals surface area contributed by atoms with E-state index < -0.39 is 11.8 Å². The topological polar surface area (TPSA) is 107 Å². The van der Waals surface area contributed by atoms with Crippen LogP contribution in [0.15, 0.2) is 41.5 Å². The summed E-state index contributed by atoms with van der Waals surface area (Å²) in [7, 11) is 4.47. The minimum atomic E-state index is -0.515. The summed E-state index contributed by atoms with van der Waals surface area (Å²) in [5, 5.41) is 6.39. The number of nitrogens with one attached hydrogen (secondary N) is 2. The van der Waals surface area contributed by atoms with Crippen molar-refractivity contribution in [3.8, 4) is 35.3 Å². The number of carbonyl (C=O) groups excluding carboxylic acids is 2. The zero-order valence-corrected chi connectivity index (χ0v) is 17.4. The molecule has 0 aromatic heterocycles. The number of hydrogen-bond acceptors (Lipinski definition) is 7. The molecule has 162 valence electrons. The van der Waals surface area contributed by atoms with Gasteiger partial charge < -0.3 is 24.3 Å². The zero-order valence-electron chi connectivity index (χ0n) is 17.4. The SMILES string of the molecule is C#CCOc1c(C=NNC(=O)CNC(=O)c2ccc(OC)c(OC)c2)cccc1OC. The van der Waals surface area contributed by atoms with Crippen molar-refractivity contribution in [3.05, 3.63) is 47.5 Å². The van der Waals surface area contributed by atoms with Gasteiger partial charge in [-0.05, 0) is 30.3 Å². The number of para-hydroxylation sites is 1. The average molecular weight is 425 g/mol. The van der Waals surface area contributed by atoms with Crippen LogP contribution in [0.4, 0.5) is 0 Å². The maximum absolute atomic E-state index is 12.3. The Kier molecular flexibility index (Phi) is 8.73. The van der Waals surface area contributed by atoms with E-state index in [-0.39, 0.29) is 13.2 Å². The fourth-order valence-corrected chi connectivity index (χ4v) is 2.52. The molecule has 9 nitrogen and oxygen atoms in total. The number of hydrogen-bond donors (Lipinski definition) is 2. The van der Waals surface area contributed by atoms with E-state index in [4.69, 9.17) is 25.4 Å². The van der Waals surface area contributed by atoms with E-state index in [1.165, 1.54) is 33.6 Å². The van der Waals surface area contributed by atoms with Crippen molar-refractivity contribution < 1.29 is 28.5 Å². The van der Waals surface area contributed by atoms with Gasteiger partial charge in [-0.25, -0.2) is 5.43 Å². The lowest BCUT2D eigenvalue weighted by atomic mass is 10.2. The van der Waals surface area contributed by atoms with Gasteiger partial charge >= 0.3 is 0 Å². The smallest absolute Gasteiger partial charge is 0.259 e. The van der Waals surface area contributed by atoms with Crippen LogP contribution in [-0.2, 0) is 4.79 Å². The van der Waals surface area contributed by atoms with Gasteiger partial charge in [-0.1, -0.05) is 12.0 Å². The van der Waals surface area contributed by atoms with E-state index in [2.05, 4.69) is 21.8 Å². The van der Waals surface area contributed by atoms with Crippen molar-refractivity contribution in [1.29, 1.82) is 0 Å². The van der Waals surface area contributed by atoms with Gasteiger partial charge in [-0.15, -0.1) is 6.42 Å². The summed E-state index contributed by atoms with van der Waals surface area (Å²) in [5.41, 5.74) is 3.21. The average Bonchev–Trinajstić information content (AvgIpc) is 2.80. The summed E-state index contributed by atoms with van der Waals surface area (Å²) in [6.07, 6.45) is 6.63. The zero-order chi connectivity index (χ0) is 22.6. The molecular weight excluding hydrogens is 402 g/mol. The highest BCUT2D eigenvalue weighted by atomic mass is 16.5. The standard InChI is InChI=1S/C22H23N3O6/c1-5-11-31-21-16(7-6-8-18(21)29-3)13-24-25-20(26)14-23-22(27)15-9-10-17(28-2)19(12-15)30-4/h1,6-10,12-13H,11,14H2,2-4H3,(H,23,27)(H,25,26). The fraction of sp³-hybridized carbons (Fsp3) is 0.227. The van der Waals surface area contributed by atoms with Crippen LogP contribution in [0.5, 0.6) is 23.0 Å². The van der Waals surface area contributed by atoms with Crippen LogP contribution in [0.25, 0.3) is 0 Å². The lowest BCUT2D eigenvalue weighted by Gasteiger charge is -2.11. The molecule has 31 heavy (non-hydrogen) atoms. The second kappa shape index (κ2) is 11.7. The van der Waals surface area contributed by atoms with Crippen LogP contribution in [0.3, 0.4) is 0 Å². The van der Waals surface area contributed by atoms with Gasteiger partial charge in [0.2, 0.25) is 0 Å². The lowest BCUT2D eigenvalue weighted by molar-refractivity contribution is -0.120. The van der Waals surface area contributed by atoms with Crippen molar-refractivity contribution in [2.45, 2.75) is 0 Å². The monoisotopic (exact) mass is 425 g/mol. The third-order valence-corrected chi connectivity index (χ3v) is 3.98. The van der Waals surface area contributed by atoms with Crippen LogP contribution >= 0.6 is 0 Å². The normalized spacial score (nSPS) is 10.1. The Morgan fingerprint density at radius 1 is 1.06 bits per heavy atom. The highest BCUT2D eigenvalue weighted by molar-refractivity contribution is 5.97. The van der Waals surface area contributed by atoms with Gasteiger partial charge in [0.15, 0.2) is 23.0 Å². The largest absolute Gasteiger partial charge is 0.493 e. The first-order chi connectivity index (χ1) is 15.0. The van der Waals surface area contributed by atoms with Crippen molar-refractivity contribution in [2.24, 2.45) is 5.10 Å². The van der Waals surface area contributed by atoms with E-state index in [1.54, 1.807) is 30.3 Å². The summed E-state index contributed by atoms with van der Waals surface area (Å²) in [6, 6.07) is 9.87. The van der Waals surface area contributed by atoms with Gasteiger partial charge in [-0.3, -0.25) is 9.59 Å². The highest BCUT2D eigenvalue weighted by Crippen LogP contribution is 2.30. The molecule has 2 N–H and O–H groups in total. The third kappa shape index (κ3) is 6.40. The highest BCUT2D eigenvalue weighted by Gasteiger charge is 2.12. The molecule has 0 radical (unpaired) electrons. The van der Waals surface area contributed by atoms with Crippen molar-refractivity contribution in [3.63, 3.8) is 0 Å². The van der Waals surface area contributed by atoms with Crippen LogP contribution in [0, 0.1) is 12.3 Å². The second-order valence-corrected chi connectivity index (χ2v) is 5.92. The molecule has 0 heterocycles. The summed E-state index contributed by atoms with van der Waals surface area (Å²) < 4.78 is 21.0. The molecule has 0 saturated heterocycles. The lowest BCUT2D eigenvalue weighted by Crippen LogP contribution is -2.34. The van der Waals surface area contributed by atoms with Crippen LogP contribution in [0.1, 0.15) is 15.9 Å². The maximum Gasteiger partial charge on any atom is 0.259 e. The molecule has 0 aliphatic carbocycles. The Labute approximate surface area is 180 Å². The van der Waals surface area contributed by atoms with E-state index in [0.29, 0.717) is 34.1 Å². The summed E-state index contributed by atoms with van der Waals surface area (Å²) in [5.74, 6) is 3.20. The van der Waals surface area contributed by atoms with Crippen LogP contribution in [-0.4, -0.2) is 52.5 Å². The summed E-state index contributed by atoms with van der Waals surface area (Å²) >= 11 is 0. The van der Waals surface area contributed by atoms with Crippen LogP contribution in [0.2, 0.25) is 0 Å². The van der Waals surface area contributed by atoms with Crippen molar-refractivity contribution in [2.75, 3.05) is 34.5 Å². The Hall–Kier alpha value is -4.19. The number of amides is 2. The first-order valence-electron chi connectivity index (χ1n) is 9.09. The molecular formula is C22H23N3O6. The van der Waals surface area contributed by atoms with Crippen molar-refractivity contribution in [1.82, 2.24) is 10.7 Å². The quantitative estimate of drug-likeness (QED) is 0.340. The molecule has 0 aliphatic rings. The Bertz CT molecular complexity index is 997. The number of carbonyl (C=O) groups is 2. The minimum Gasteiger partial charge on any atom is -0.493 e. The summed E-state index contributed by atoms with van der Waals surface area (Å²) in [6.45, 7) is -0.223. The van der Waals surface area contributed by atoms with Gasteiger partial charge in [0.05, 0.1) is 34.1 Å². The van der Waals surface area contributed by atoms with Gasteiger partial charge in [0, 0.05) is 11.1 Å². The first kappa shape index (κ1) is 23.1. The number of methoxy groups -OCH3 is 3. The van der Waals surface area contributed by atoms with E-state index in [0.717, 1.165) is 0 Å². The second-order valence-electron chi connectivity index (χ2n) is 5.92. The molecule has 0 bridgehead atoms. The molecule has 9 heteroatoms. The molecule has 0 saturated carbocycles. The molecule has 0 spiro atoms. The van der Waals surface area contributed by atoms with Gasteiger partial charge in [0.25, 0.3) is 11.8 Å². The van der Waals surface area contributed by atoms with E-state index in [9.17, 15) is 9.59 Å². The molecule has 2 amide bonds. The van der Waals surface area contributed by atoms with E-state index in [1.807, 2.05) is 0 Å². The predicted molar refractivity (Wildman–Crippen MR) is 115 cm³/mol. The molecule has 0 aliphatic heterocycles. The molecule has 2 rings (SSSR count). The molecule has 2 aromatic rings. The van der Waals surface area contributed by atoms with Crippen LogP contribution < -0.4 is 29.7 Å². The first-order valence-corrected chi connectivity index (χ1v) is 9.09. The number of ether oxygens (including phenoxy) is 4. The van der Waals surface area contributed by atoms with Crippen molar-refractivity contribution >= 4 is 18.0 Å². The van der Waals surface area contributed by atoms with E-state index >= 15 is 0 Å². The molecule has 0 atom stereocenters.